The summed E-state index contributed by atoms with van der Waals surface area (Å²) in [5.41, 5.74) is 0.789. The van der Waals surface area contributed by atoms with Crippen molar-refractivity contribution in [1.29, 1.82) is 0 Å². The van der Waals surface area contributed by atoms with Gasteiger partial charge in [-0.25, -0.2) is 8.42 Å². The molecule has 1 aromatic carbocycles. The van der Waals surface area contributed by atoms with Crippen molar-refractivity contribution in [3.05, 3.63) is 34.9 Å². The van der Waals surface area contributed by atoms with Gasteiger partial charge in [-0.1, -0.05) is 76.6 Å². The number of benzene rings is 1. The normalized spacial score (nSPS) is 18.2. The molecule has 11 heteroatoms. The Balaban J connectivity index is 2.08. The largest absolute Gasteiger partial charge is 0.390 e. The van der Waals surface area contributed by atoms with E-state index < -0.39 is 45.8 Å². The standard InChI is InChI=1S/C32H54ClN3O6S/c1-22(2)17-29(37)30(38)28(19-24-9-7-6-8-10-24)35-31(39)23(3)20-34-32(40)26(18-25-11-13-27(33)14-12-25)21-43(41,42)16-15-36(4)5/h11-14,22-24,26,28-30,37-38H,6-10,15-21H2,1-5H3,(H,34,40)(H,35,39). The highest BCUT2D eigenvalue weighted by Gasteiger charge is 2.32. The quantitative estimate of drug-likeness (QED) is 0.192. The highest BCUT2D eigenvalue weighted by atomic mass is 35.5. The highest BCUT2D eigenvalue weighted by Crippen LogP contribution is 2.29. The van der Waals surface area contributed by atoms with E-state index in [9.17, 15) is 28.2 Å². The van der Waals surface area contributed by atoms with Crippen LogP contribution in [0.15, 0.2) is 24.3 Å². The Bertz CT molecular complexity index is 1090. The van der Waals surface area contributed by atoms with Gasteiger partial charge in [0.1, 0.15) is 6.10 Å². The second-order valence-corrected chi connectivity index (χ2v) is 15.8. The summed E-state index contributed by atoms with van der Waals surface area (Å²) in [5, 5.41) is 28.0. The Morgan fingerprint density at radius 3 is 2.23 bits per heavy atom. The molecule has 1 aliphatic carbocycles. The molecular formula is C32H54ClN3O6S. The third-order valence-corrected chi connectivity index (χ3v) is 10.2. The van der Waals surface area contributed by atoms with Gasteiger partial charge >= 0.3 is 0 Å². The third kappa shape index (κ3) is 14.3. The average molecular weight is 644 g/mol. The van der Waals surface area contributed by atoms with Crippen molar-refractivity contribution in [3.8, 4) is 0 Å². The summed E-state index contributed by atoms with van der Waals surface area (Å²) in [6.07, 6.45) is 4.71. The molecule has 5 unspecified atom stereocenters. The minimum atomic E-state index is -3.52. The molecular weight excluding hydrogens is 590 g/mol. The zero-order valence-electron chi connectivity index (χ0n) is 26.6. The average Bonchev–Trinajstić information content (AvgIpc) is 2.94. The lowest BCUT2D eigenvalue weighted by Gasteiger charge is -2.33. The van der Waals surface area contributed by atoms with E-state index in [2.05, 4.69) is 10.6 Å². The van der Waals surface area contributed by atoms with Crippen LogP contribution in [0.2, 0.25) is 5.02 Å². The van der Waals surface area contributed by atoms with Crippen LogP contribution in [0.1, 0.15) is 71.3 Å². The summed E-state index contributed by atoms with van der Waals surface area (Å²) in [5.74, 6) is -2.03. The Kier molecular flexibility index (Phi) is 15.9. The predicted molar refractivity (Wildman–Crippen MR) is 173 cm³/mol. The van der Waals surface area contributed by atoms with Crippen LogP contribution in [0.5, 0.6) is 0 Å². The number of sulfone groups is 1. The molecule has 0 heterocycles. The molecule has 4 N–H and O–H groups in total. The van der Waals surface area contributed by atoms with Crippen molar-refractivity contribution in [2.45, 2.75) is 90.4 Å². The fourth-order valence-corrected chi connectivity index (χ4v) is 7.43. The van der Waals surface area contributed by atoms with E-state index in [-0.39, 0.29) is 36.3 Å². The maximum atomic E-state index is 13.3. The molecule has 0 spiro atoms. The Hall–Kier alpha value is -1.72. The Morgan fingerprint density at radius 1 is 1.02 bits per heavy atom. The number of aliphatic hydroxyl groups is 2. The first kappa shape index (κ1) is 37.5. The summed E-state index contributed by atoms with van der Waals surface area (Å²) in [6.45, 7) is 6.01. The van der Waals surface area contributed by atoms with Gasteiger partial charge in [0.2, 0.25) is 11.8 Å². The van der Waals surface area contributed by atoms with Gasteiger partial charge < -0.3 is 25.7 Å². The topological polar surface area (TPSA) is 136 Å². The fraction of sp³-hybridized carbons (Fsp3) is 0.750. The molecule has 0 saturated heterocycles. The van der Waals surface area contributed by atoms with Crippen LogP contribution in [0.3, 0.4) is 0 Å². The first-order chi connectivity index (χ1) is 20.2. The first-order valence-electron chi connectivity index (χ1n) is 15.7. The molecule has 1 fully saturated rings. The van der Waals surface area contributed by atoms with Crippen LogP contribution < -0.4 is 10.6 Å². The molecule has 0 bridgehead atoms. The van der Waals surface area contributed by atoms with Crippen molar-refractivity contribution >= 4 is 33.3 Å². The van der Waals surface area contributed by atoms with Gasteiger partial charge in [0.25, 0.3) is 0 Å². The maximum Gasteiger partial charge on any atom is 0.224 e. The number of aliphatic hydroxyl groups excluding tert-OH is 2. The van der Waals surface area contributed by atoms with Crippen LogP contribution in [0.4, 0.5) is 0 Å². The number of hydrogen-bond acceptors (Lipinski definition) is 7. The Morgan fingerprint density at radius 2 is 1.65 bits per heavy atom. The molecule has 2 amide bonds. The molecule has 5 atom stereocenters. The molecule has 0 radical (unpaired) electrons. The second-order valence-electron chi connectivity index (χ2n) is 13.1. The van der Waals surface area contributed by atoms with E-state index in [0.717, 1.165) is 31.2 Å². The van der Waals surface area contributed by atoms with Gasteiger partial charge in [-0.2, -0.15) is 0 Å². The van der Waals surface area contributed by atoms with Crippen molar-refractivity contribution in [1.82, 2.24) is 15.5 Å². The highest BCUT2D eigenvalue weighted by molar-refractivity contribution is 7.91. The minimum Gasteiger partial charge on any atom is -0.390 e. The lowest BCUT2D eigenvalue weighted by Crippen LogP contribution is -2.52. The van der Waals surface area contributed by atoms with Gasteiger partial charge in [-0.3, -0.25) is 9.59 Å². The molecule has 43 heavy (non-hydrogen) atoms. The molecule has 9 nitrogen and oxygen atoms in total. The summed E-state index contributed by atoms with van der Waals surface area (Å²) in [6, 6.07) is 6.36. The van der Waals surface area contributed by atoms with E-state index >= 15 is 0 Å². The van der Waals surface area contributed by atoms with Crippen molar-refractivity contribution in [2.24, 2.45) is 23.7 Å². The van der Waals surface area contributed by atoms with Crippen LogP contribution >= 0.6 is 11.6 Å². The van der Waals surface area contributed by atoms with Gasteiger partial charge in [0.05, 0.1) is 35.5 Å². The van der Waals surface area contributed by atoms with E-state index in [4.69, 9.17) is 11.6 Å². The van der Waals surface area contributed by atoms with Crippen molar-refractivity contribution in [3.63, 3.8) is 0 Å². The summed E-state index contributed by atoms with van der Waals surface area (Å²) >= 11 is 6.00. The molecule has 1 saturated carbocycles. The van der Waals surface area contributed by atoms with E-state index in [1.807, 2.05) is 13.8 Å². The number of rotatable bonds is 18. The number of halogens is 1. The summed E-state index contributed by atoms with van der Waals surface area (Å²) in [7, 11) is 0.0705. The maximum absolute atomic E-state index is 13.3. The second kappa shape index (κ2) is 18.3. The van der Waals surface area contributed by atoms with Crippen LogP contribution in [-0.4, -0.2) is 92.3 Å². The number of nitrogens with zero attached hydrogens (tertiary/aromatic N) is 1. The molecule has 246 valence electrons. The number of nitrogens with one attached hydrogen (secondary N) is 2. The van der Waals surface area contributed by atoms with Crippen LogP contribution in [0.25, 0.3) is 0 Å². The lowest BCUT2D eigenvalue weighted by atomic mass is 9.82. The van der Waals surface area contributed by atoms with E-state index in [0.29, 0.717) is 30.3 Å². The van der Waals surface area contributed by atoms with Crippen LogP contribution in [-0.2, 0) is 25.8 Å². The van der Waals surface area contributed by atoms with Gasteiger partial charge in [-0.05, 0) is 62.9 Å². The van der Waals surface area contributed by atoms with Crippen LogP contribution in [0, 0.1) is 23.7 Å². The molecule has 0 aromatic heterocycles. The lowest BCUT2D eigenvalue weighted by molar-refractivity contribution is -0.128. The molecule has 2 rings (SSSR count). The third-order valence-electron chi connectivity index (χ3n) is 8.26. The molecule has 0 aliphatic heterocycles. The van der Waals surface area contributed by atoms with Gasteiger partial charge in [0, 0.05) is 18.1 Å². The zero-order chi connectivity index (χ0) is 32.2. The smallest absolute Gasteiger partial charge is 0.224 e. The van der Waals surface area contributed by atoms with E-state index in [1.165, 1.54) is 6.42 Å². The number of carbonyl (C=O) groups excluding carboxylic acids is 2. The summed E-state index contributed by atoms with van der Waals surface area (Å²) in [4.78, 5) is 28.4. The SMILES string of the molecule is CC(C)CC(O)C(O)C(CC1CCCCC1)NC(=O)C(C)CNC(=O)C(Cc1ccc(Cl)cc1)CS(=O)(=O)CCN(C)C. The zero-order valence-corrected chi connectivity index (χ0v) is 28.2. The molecule has 1 aliphatic rings. The predicted octanol–water partition coefficient (Wildman–Crippen LogP) is 3.45. The number of carbonyl (C=O) groups is 2. The number of amides is 2. The first-order valence-corrected chi connectivity index (χ1v) is 17.9. The van der Waals surface area contributed by atoms with Crippen molar-refractivity contribution < 1.29 is 28.2 Å². The van der Waals surface area contributed by atoms with Gasteiger partial charge in [0.15, 0.2) is 9.84 Å². The monoisotopic (exact) mass is 643 g/mol. The molecule has 1 aromatic rings. The minimum absolute atomic E-state index is 0.0142. The number of hydrogen-bond donors (Lipinski definition) is 4. The fourth-order valence-electron chi connectivity index (χ4n) is 5.62. The van der Waals surface area contributed by atoms with Crippen molar-refractivity contribution in [2.75, 3.05) is 38.7 Å². The van der Waals surface area contributed by atoms with E-state index in [1.54, 1.807) is 50.2 Å². The Labute approximate surface area is 264 Å². The van der Waals surface area contributed by atoms with Gasteiger partial charge in [-0.15, -0.1) is 0 Å². The summed E-state index contributed by atoms with van der Waals surface area (Å²) < 4.78 is 25.7.